The van der Waals surface area contributed by atoms with Gasteiger partial charge in [0.2, 0.25) is 0 Å². The van der Waals surface area contributed by atoms with Gasteiger partial charge in [0.05, 0.1) is 5.02 Å². The third-order valence-electron chi connectivity index (χ3n) is 5.42. The van der Waals surface area contributed by atoms with E-state index in [1.165, 1.54) is 0 Å². The molecule has 4 unspecified atom stereocenters. The lowest BCUT2D eigenvalue weighted by atomic mass is 10.0. The number of hydrogen-bond acceptors (Lipinski definition) is 2. The van der Waals surface area contributed by atoms with Crippen molar-refractivity contribution < 1.29 is 18.0 Å². The summed E-state index contributed by atoms with van der Waals surface area (Å²) < 4.78 is 39.8. The molecule has 1 fully saturated rings. The van der Waals surface area contributed by atoms with Crippen LogP contribution in [0.3, 0.4) is 0 Å². The fourth-order valence-electron chi connectivity index (χ4n) is 3.71. The summed E-state index contributed by atoms with van der Waals surface area (Å²) in [6.45, 7) is 6.70. The number of nitrogens with one attached hydrogen (secondary N) is 1. The van der Waals surface area contributed by atoms with Crippen LogP contribution in [0, 0.1) is 35.2 Å². The third-order valence-corrected chi connectivity index (χ3v) is 7.62. The highest BCUT2D eigenvalue weighted by molar-refractivity contribution is 8.00. The highest BCUT2D eigenvalue weighted by Crippen LogP contribution is 2.47. The van der Waals surface area contributed by atoms with Crippen molar-refractivity contribution in [2.24, 2.45) is 17.8 Å². The first-order chi connectivity index (χ1) is 13.2. The fourth-order valence-corrected chi connectivity index (χ4v) is 5.46. The zero-order valence-corrected chi connectivity index (χ0v) is 17.3. The first-order valence-electron chi connectivity index (χ1n) is 9.09. The van der Waals surface area contributed by atoms with Gasteiger partial charge in [0.15, 0.2) is 17.5 Å². The number of benzene rings is 2. The van der Waals surface area contributed by atoms with Gasteiger partial charge in [-0.25, -0.2) is 13.2 Å². The van der Waals surface area contributed by atoms with Crippen molar-refractivity contribution in [2.75, 3.05) is 5.32 Å². The molecule has 1 aliphatic rings. The second kappa shape index (κ2) is 8.37. The Bertz CT molecular complexity index is 884. The average Bonchev–Trinajstić information content (AvgIpc) is 2.87. The lowest BCUT2D eigenvalue weighted by Gasteiger charge is -2.21. The summed E-state index contributed by atoms with van der Waals surface area (Å²) in [5.74, 6) is -3.16. The minimum absolute atomic E-state index is 0.155. The molecule has 28 heavy (non-hydrogen) atoms. The number of carbonyl (C=O) groups is 1. The lowest BCUT2D eigenvalue weighted by Crippen LogP contribution is -2.16. The van der Waals surface area contributed by atoms with Crippen molar-refractivity contribution in [1.29, 1.82) is 0 Å². The van der Waals surface area contributed by atoms with E-state index in [0.717, 1.165) is 23.4 Å². The topological polar surface area (TPSA) is 29.1 Å². The molecule has 0 heterocycles. The summed E-state index contributed by atoms with van der Waals surface area (Å²) in [4.78, 5) is 13.3. The fraction of sp³-hybridized carbons (Fsp3) is 0.381. The molecule has 2 aromatic rings. The molecule has 7 heteroatoms. The largest absolute Gasteiger partial charge is 0.322 e. The SMILES string of the molecule is CC1CC(C)C(Sc2cc(C(=O)Nc3cc(F)c(F)c(F)c3)ccc2Cl)C1C. The third kappa shape index (κ3) is 4.33. The monoisotopic (exact) mass is 427 g/mol. The molecule has 0 aliphatic heterocycles. The summed E-state index contributed by atoms with van der Waals surface area (Å²) in [6, 6.07) is 6.35. The normalized spacial score (nSPS) is 24.4. The quantitative estimate of drug-likeness (QED) is 0.544. The lowest BCUT2D eigenvalue weighted by molar-refractivity contribution is 0.102. The number of thioether (sulfide) groups is 1. The van der Waals surface area contributed by atoms with E-state index in [-0.39, 0.29) is 5.69 Å². The highest BCUT2D eigenvalue weighted by Gasteiger charge is 2.36. The van der Waals surface area contributed by atoms with E-state index < -0.39 is 23.4 Å². The Labute approximate surface area is 171 Å². The Morgan fingerprint density at radius 1 is 1.07 bits per heavy atom. The molecule has 1 amide bonds. The van der Waals surface area contributed by atoms with Crippen LogP contribution in [0.1, 0.15) is 37.6 Å². The maximum atomic E-state index is 13.4. The van der Waals surface area contributed by atoms with Gasteiger partial charge in [-0.3, -0.25) is 4.79 Å². The van der Waals surface area contributed by atoms with Gasteiger partial charge in [0.1, 0.15) is 0 Å². The van der Waals surface area contributed by atoms with Crippen LogP contribution in [0.15, 0.2) is 35.2 Å². The molecule has 2 aromatic carbocycles. The van der Waals surface area contributed by atoms with Crippen LogP contribution < -0.4 is 5.32 Å². The van der Waals surface area contributed by atoms with Gasteiger partial charge < -0.3 is 5.32 Å². The molecular weight excluding hydrogens is 407 g/mol. The van der Waals surface area contributed by atoms with Gasteiger partial charge in [-0.05, 0) is 42.4 Å². The first-order valence-corrected chi connectivity index (χ1v) is 10.3. The summed E-state index contributed by atoms with van der Waals surface area (Å²) >= 11 is 8.00. The van der Waals surface area contributed by atoms with E-state index >= 15 is 0 Å². The minimum Gasteiger partial charge on any atom is -0.322 e. The Morgan fingerprint density at radius 2 is 1.71 bits per heavy atom. The number of anilines is 1. The van der Waals surface area contributed by atoms with E-state index in [2.05, 4.69) is 26.1 Å². The molecule has 4 atom stereocenters. The minimum atomic E-state index is -1.57. The predicted octanol–water partition coefficient (Wildman–Crippen LogP) is 6.78. The molecule has 150 valence electrons. The van der Waals surface area contributed by atoms with E-state index in [4.69, 9.17) is 11.6 Å². The van der Waals surface area contributed by atoms with E-state index in [1.54, 1.807) is 30.0 Å². The van der Waals surface area contributed by atoms with Gasteiger partial charge in [0, 0.05) is 33.5 Å². The van der Waals surface area contributed by atoms with E-state index in [0.29, 0.717) is 33.6 Å². The van der Waals surface area contributed by atoms with Crippen LogP contribution in [0.2, 0.25) is 5.02 Å². The van der Waals surface area contributed by atoms with Crippen molar-refractivity contribution >= 4 is 35.0 Å². The molecule has 1 aliphatic carbocycles. The molecule has 0 aromatic heterocycles. The summed E-state index contributed by atoms with van der Waals surface area (Å²) in [6.07, 6.45) is 1.15. The van der Waals surface area contributed by atoms with Crippen LogP contribution in [0.25, 0.3) is 0 Å². The Kier molecular flexibility index (Phi) is 6.30. The van der Waals surface area contributed by atoms with Gasteiger partial charge in [0.25, 0.3) is 5.91 Å². The number of halogens is 4. The molecule has 1 N–H and O–H groups in total. The standard InChI is InChI=1S/C21H21ClF3NOS/c1-10-6-11(2)20(12(10)3)28-18-7-13(4-5-15(18)22)21(27)26-14-8-16(23)19(25)17(24)9-14/h4-5,7-12,20H,6H2,1-3H3,(H,26,27). The summed E-state index contributed by atoms with van der Waals surface area (Å²) in [7, 11) is 0. The molecule has 2 nitrogen and oxygen atoms in total. The van der Waals surface area contributed by atoms with Crippen molar-refractivity contribution in [3.8, 4) is 0 Å². The number of hydrogen-bond donors (Lipinski definition) is 1. The van der Waals surface area contributed by atoms with Gasteiger partial charge in [-0.15, -0.1) is 11.8 Å². The van der Waals surface area contributed by atoms with Crippen molar-refractivity contribution in [3.05, 3.63) is 58.4 Å². The second-order valence-corrected chi connectivity index (χ2v) is 9.11. The van der Waals surface area contributed by atoms with Crippen molar-refractivity contribution in [2.45, 2.75) is 37.3 Å². The van der Waals surface area contributed by atoms with Gasteiger partial charge in [-0.2, -0.15) is 0 Å². The molecule has 0 spiro atoms. The maximum Gasteiger partial charge on any atom is 0.255 e. The smallest absolute Gasteiger partial charge is 0.255 e. The highest BCUT2D eigenvalue weighted by atomic mass is 35.5. The molecular formula is C21H21ClF3NOS. The summed E-state index contributed by atoms with van der Waals surface area (Å²) in [5, 5.41) is 3.34. The van der Waals surface area contributed by atoms with Gasteiger partial charge >= 0.3 is 0 Å². The molecule has 0 radical (unpaired) electrons. The van der Waals surface area contributed by atoms with Crippen LogP contribution >= 0.6 is 23.4 Å². The first kappa shape index (κ1) is 21.1. The molecule has 1 saturated carbocycles. The van der Waals surface area contributed by atoms with E-state index in [9.17, 15) is 18.0 Å². The van der Waals surface area contributed by atoms with E-state index in [1.807, 2.05) is 0 Å². The maximum absolute atomic E-state index is 13.4. The van der Waals surface area contributed by atoms with Crippen LogP contribution in [-0.4, -0.2) is 11.2 Å². The Morgan fingerprint density at radius 3 is 2.29 bits per heavy atom. The van der Waals surface area contributed by atoms with Crippen LogP contribution in [0.4, 0.5) is 18.9 Å². The predicted molar refractivity (Wildman–Crippen MR) is 107 cm³/mol. The molecule has 0 saturated heterocycles. The zero-order chi connectivity index (χ0) is 20.6. The summed E-state index contributed by atoms with van der Waals surface area (Å²) in [5.41, 5.74) is 0.154. The van der Waals surface area contributed by atoms with Crippen molar-refractivity contribution in [1.82, 2.24) is 0 Å². The Balaban J connectivity index is 1.80. The number of rotatable bonds is 4. The van der Waals surface area contributed by atoms with Crippen molar-refractivity contribution in [3.63, 3.8) is 0 Å². The van der Waals surface area contributed by atoms with Crippen LogP contribution in [-0.2, 0) is 0 Å². The number of carbonyl (C=O) groups excluding carboxylic acids is 1. The molecule has 0 bridgehead atoms. The van der Waals surface area contributed by atoms with Crippen LogP contribution in [0.5, 0.6) is 0 Å². The Hall–Kier alpha value is -1.66. The average molecular weight is 428 g/mol. The van der Waals surface area contributed by atoms with Gasteiger partial charge in [-0.1, -0.05) is 32.4 Å². The zero-order valence-electron chi connectivity index (χ0n) is 15.7. The number of amides is 1. The molecule has 3 rings (SSSR count). The second-order valence-electron chi connectivity index (χ2n) is 7.49.